The van der Waals surface area contributed by atoms with Crippen LogP contribution < -0.4 is 10.6 Å². The van der Waals surface area contributed by atoms with Crippen molar-refractivity contribution in [2.75, 3.05) is 40.4 Å². The predicted molar refractivity (Wildman–Crippen MR) is 97.8 cm³/mol. The first-order chi connectivity index (χ1) is 11.2. The maximum atomic E-state index is 5.35. The molecular formula is C18H32N4O. The first-order valence-corrected chi connectivity index (χ1v) is 8.48. The number of nitrogens with one attached hydrogen (secondary N) is 2. The average molecular weight is 320 g/mol. The molecule has 0 heterocycles. The van der Waals surface area contributed by atoms with E-state index >= 15 is 0 Å². The molecule has 0 saturated carbocycles. The summed E-state index contributed by atoms with van der Waals surface area (Å²) >= 11 is 0. The van der Waals surface area contributed by atoms with Gasteiger partial charge in [-0.05, 0) is 45.5 Å². The Bertz CT molecular complexity index is 460. The smallest absolute Gasteiger partial charge is 0.191 e. The van der Waals surface area contributed by atoms with Gasteiger partial charge >= 0.3 is 0 Å². The van der Waals surface area contributed by atoms with Gasteiger partial charge in [0, 0.05) is 32.8 Å². The van der Waals surface area contributed by atoms with Gasteiger partial charge < -0.3 is 20.3 Å². The zero-order valence-electron chi connectivity index (χ0n) is 15.1. The van der Waals surface area contributed by atoms with Gasteiger partial charge in [-0.15, -0.1) is 0 Å². The van der Waals surface area contributed by atoms with Crippen LogP contribution in [0.1, 0.15) is 31.4 Å². The third-order valence-corrected chi connectivity index (χ3v) is 3.32. The molecule has 0 aliphatic rings. The third kappa shape index (κ3) is 8.57. The zero-order valence-corrected chi connectivity index (χ0v) is 15.1. The van der Waals surface area contributed by atoms with Gasteiger partial charge in [0.15, 0.2) is 5.96 Å². The normalized spacial score (nSPS) is 11.8. The number of hydrogen-bond acceptors (Lipinski definition) is 3. The summed E-state index contributed by atoms with van der Waals surface area (Å²) in [6, 6.07) is 8.49. The van der Waals surface area contributed by atoms with Crippen LogP contribution in [0.25, 0.3) is 0 Å². The Morgan fingerprint density at radius 2 is 1.87 bits per heavy atom. The monoisotopic (exact) mass is 320 g/mol. The van der Waals surface area contributed by atoms with Gasteiger partial charge in [-0.3, -0.25) is 0 Å². The number of nitrogens with zero attached hydrogens (tertiary/aromatic N) is 2. The maximum absolute atomic E-state index is 5.35. The maximum Gasteiger partial charge on any atom is 0.191 e. The second kappa shape index (κ2) is 11.9. The zero-order chi connectivity index (χ0) is 16.9. The van der Waals surface area contributed by atoms with E-state index < -0.39 is 0 Å². The molecule has 0 aliphatic heterocycles. The number of aliphatic imine (C=N–C) groups is 1. The van der Waals surface area contributed by atoms with Crippen molar-refractivity contribution in [1.29, 1.82) is 0 Å². The predicted octanol–water partition coefficient (Wildman–Crippen LogP) is 2.23. The first-order valence-electron chi connectivity index (χ1n) is 8.48. The van der Waals surface area contributed by atoms with Crippen molar-refractivity contribution in [3.8, 4) is 0 Å². The standard InChI is InChI=1S/C18H32N4O/c1-5-19-18(20-12-9-13-23-6-2)21-14-16-10-7-8-11-17(16)15-22(3)4/h7-8,10-11H,5-6,9,12-15H2,1-4H3,(H2,19,20,21). The molecule has 0 saturated heterocycles. The van der Waals surface area contributed by atoms with Crippen LogP contribution in [0.4, 0.5) is 0 Å². The number of benzene rings is 1. The summed E-state index contributed by atoms with van der Waals surface area (Å²) in [6.07, 6.45) is 0.982. The molecule has 5 heteroatoms. The highest BCUT2D eigenvalue weighted by Gasteiger charge is 2.03. The number of rotatable bonds is 10. The summed E-state index contributed by atoms with van der Waals surface area (Å²) in [4.78, 5) is 6.88. The number of guanidine groups is 1. The second-order valence-corrected chi connectivity index (χ2v) is 5.68. The van der Waals surface area contributed by atoms with Gasteiger partial charge in [-0.2, -0.15) is 0 Å². The van der Waals surface area contributed by atoms with E-state index in [9.17, 15) is 0 Å². The van der Waals surface area contributed by atoms with Crippen LogP contribution in [-0.4, -0.2) is 51.3 Å². The molecule has 0 bridgehead atoms. The molecule has 1 rings (SSSR count). The van der Waals surface area contributed by atoms with Crippen LogP contribution in [-0.2, 0) is 17.8 Å². The molecule has 1 aromatic carbocycles. The van der Waals surface area contributed by atoms with Crippen LogP contribution in [0.5, 0.6) is 0 Å². The molecule has 0 aliphatic carbocycles. The lowest BCUT2D eigenvalue weighted by Crippen LogP contribution is -2.38. The van der Waals surface area contributed by atoms with E-state index in [-0.39, 0.29) is 0 Å². The quantitative estimate of drug-likeness (QED) is 0.394. The molecule has 0 radical (unpaired) electrons. The van der Waals surface area contributed by atoms with Crippen molar-refractivity contribution in [3.63, 3.8) is 0 Å². The van der Waals surface area contributed by atoms with Crippen molar-refractivity contribution >= 4 is 5.96 Å². The van der Waals surface area contributed by atoms with Crippen molar-refractivity contribution < 1.29 is 4.74 Å². The summed E-state index contributed by atoms with van der Waals surface area (Å²) in [7, 11) is 4.17. The van der Waals surface area contributed by atoms with Crippen LogP contribution in [0.2, 0.25) is 0 Å². The van der Waals surface area contributed by atoms with Crippen molar-refractivity contribution in [3.05, 3.63) is 35.4 Å². The Hall–Kier alpha value is -1.59. The molecule has 0 fully saturated rings. The number of ether oxygens (including phenoxy) is 1. The van der Waals surface area contributed by atoms with Gasteiger partial charge in [0.1, 0.15) is 0 Å². The fraction of sp³-hybridized carbons (Fsp3) is 0.611. The minimum Gasteiger partial charge on any atom is -0.382 e. The Morgan fingerprint density at radius 1 is 1.13 bits per heavy atom. The minimum absolute atomic E-state index is 0.685. The Kier molecular flexibility index (Phi) is 10.1. The Morgan fingerprint density at radius 3 is 2.52 bits per heavy atom. The Balaban J connectivity index is 2.59. The van der Waals surface area contributed by atoms with Crippen LogP contribution in [0, 0.1) is 0 Å². The molecule has 0 unspecified atom stereocenters. The van der Waals surface area contributed by atoms with E-state index in [1.165, 1.54) is 11.1 Å². The molecule has 1 aromatic rings. The lowest BCUT2D eigenvalue weighted by Gasteiger charge is -2.14. The molecule has 0 spiro atoms. The van der Waals surface area contributed by atoms with Crippen molar-refractivity contribution in [2.45, 2.75) is 33.4 Å². The van der Waals surface area contributed by atoms with E-state index in [2.05, 4.69) is 60.8 Å². The van der Waals surface area contributed by atoms with Gasteiger partial charge in [0.05, 0.1) is 6.54 Å². The minimum atomic E-state index is 0.685. The molecule has 2 N–H and O–H groups in total. The SMILES string of the molecule is CCNC(=NCc1ccccc1CN(C)C)NCCCOCC. The van der Waals surface area contributed by atoms with Crippen molar-refractivity contribution in [1.82, 2.24) is 15.5 Å². The lowest BCUT2D eigenvalue weighted by molar-refractivity contribution is 0.145. The van der Waals surface area contributed by atoms with Gasteiger partial charge in [0.2, 0.25) is 0 Å². The highest BCUT2D eigenvalue weighted by Crippen LogP contribution is 2.11. The van der Waals surface area contributed by atoms with E-state index in [1.807, 2.05) is 6.92 Å². The molecule has 0 atom stereocenters. The van der Waals surface area contributed by atoms with E-state index in [1.54, 1.807) is 0 Å². The molecule has 23 heavy (non-hydrogen) atoms. The second-order valence-electron chi connectivity index (χ2n) is 5.68. The fourth-order valence-electron chi connectivity index (χ4n) is 2.24. The molecule has 130 valence electrons. The highest BCUT2D eigenvalue weighted by molar-refractivity contribution is 5.79. The van der Waals surface area contributed by atoms with Gasteiger partial charge in [-0.25, -0.2) is 4.99 Å². The van der Waals surface area contributed by atoms with Crippen LogP contribution in [0.3, 0.4) is 0 Å². The largest absolute Gasteiger partial charge is 0.382 e. The van der Waals surface area contributed by atoms with Crippen molar-refractivity contribution in [2.24, 2.45) is 4.99 Å². The summed E-state index contributed by atoms with van der Waals surface area (Å²) < 4.78 is 5.35. The fourth-order valence-corrected chi connectivity index (χ4v) is 2.24. The topological polar surface area (TPSA) is 48.9 Å². The van der Waals surface area contributed by atoms with Crippen LogP contribution in [0.15, 0.2) is 29.3 Å². The average Bonchev–Trinajstić information content (AvgIpc) is 2.53. The van der Waals surface area contributed by atoms with Crippen LogP contribution >= 0.6 is 0 Å². The Labute approximate surface area is 141 Å². The van der Waals surface area contributed by atoms with Gasteiger partial charge in [0.25, 0.3) is 0 Å². The summed E-state index contributed by atoms with van der Waals surface area (Å²) in [5.74, 6) is 0.864. The van der Waals surface area contributed by atoms with E-state index in [4.69, 9.17) is 9.73 Å². The molecule has 0 amide bonds. The van der Waals surface area contributed by atoms with E-state index in [0.29, 0.717) is 6.54 Å². The van der Waals surface area contributed by atoms with E-state index in [0.717, 1.165) is 45.2 Å². The molecule has 0 aromatic heterocycles. The summed E-state index contributed by atoms with van der Waals surface area (Å²) in [5.41, 5.74) is 2.60. The number of hydrogen-bond donors (Lipinski definition) is 2. The highest BCUT2D eigenvalue weighted by atomic mass is 16.5. The van der Waals surface area contributed by atoms with Gasteiger partial charge in [-0.1, -0.05) is 24.3 Å². The first kappa shape index (κ1) is 19.5. The summed E-state index contributed by atoms with van der Waals surface area (Å²) in [5, 5.41) is 6.65. The lowest BCUT2D eigenvalue weighted by atomic mass is 10.1. The molecule has 5 nitrogen and oxygen atoms in total. The summed E-state index contributed by atoms with van der Waals surface area (Å²) in [6.45, 7) is 9.00. The molecular weight excluding hydrogens is 288 g/mol. The third-order valence-electron chi connectivity index (χ3n) is 3.32.